The van der Waals surface area contributed by atoms with E-state index in [2.05, 4.69) is 25.9 Å². The van der Waals surface area contributed by atoms with Gasteiger partial charge in [0.2, 0.25) is 5.95 Å². The zero-order valence-electron chi connectivity index (χ0n) is 6.57. The predicted molar refractivity (Wildman–Crippen MR) is 57.5 cm³/mol. The number of aromatic nitrogens is 2. The number of hydrogen-bond donors (Lipinski definition) is 1. The lowest BCUT2D eigenvalue weighted by atomic mass is 10.3. The molecule has 2 heterocycles. The van der Waals surface area contributed by atoms with Gasteiger partial charge in [-0.15, -0.1) is 11.3 Å². The molecule has 3 nitrogen and oxygen atoms in total. The van der Waals surface area contributed by atoms with Crippen LogP contribution in [0.25, 0.3) is 10.6 Å². The molecular formula is C8H6BrN3S. The lowest BCUT2D eigenvalue weighted by Crippen LogP contribution is -1.93. The minimum Gasteiger partial charge on any atom is -0.368 e. The van der Waals surface area contributed by atoms with Crippen molar-refractivity contribution in [3.05, 3.63) is 28.2 Å². The lowest BCUT2D eigenvalue weighted by Gasteiger charge is -1.95. The highest BCUT2D eigenvalue weighted by Gasteiger charge is 2.02. The number of thiophene rings is 1. The normalized spacial score (nSPS) is 10.2. The van der Waals surface area contributed by atoms with Crippen molar-refractivity contribution in [3.63, 3.8) is 0 Å². The van der Waals surface area contributed by atoms with Crippen LogP contribution in [0, 0.1) is 0 Å². The number of anilines is 1. The Morgan fingerprint density at radius 3 is 2.77 bits per heavy atom. The quantitative estimate of drug-likeness (QED) is 0.853. The molecule has 0 spiro atoms. The Kier molecular flexibility index (Phi) is 2.28. The van der Waals surface area contributed by atoms with Crippen molar-refractivity contribution in [1.29, 1.82) is 0 Å². The summed E-state index contributed by atoms with van der Waals surface area (Å²) in [6, 6.07) is 5.82. The molecule has 0 saturated carbocycles. The smallest absolute Gasteiger partial charge is 0.220 e. The summed E-state index contributed by atoms with van der Waals surface area (Å²) < 4.78 is 1.08. The summed E-state index contributed by atoms with van der Waals surface area (Å²) in [4.78, 5) is 9.03. The van der Waals surface area contributed by atoms with E-state index < -0.39 is 0 Å². The number of halogens is 1. The Bertz CT molecular complexity index is 427. The SMILES string of the molecule is Nc1nccc(-c2ccc(Br)s2)n1. The second-order valence-corrected chi connectivity index (χ2v) is 4.87. The van der Waals surface area contributed by atoms with Gasteiger partial charge in [0, 0.05) is 6.20 Å². The van der Waals surface area contributed by atoms with Gasteiger partial charge in [-0.05, 0) is 34.1 Å². The van der Waals surface area contributed by atoms with E-state index in [9.17, 15) is 0 Å². The van der Waals surface area contributed by atoms with Crippen LogP contribution in [0.3, 0.4) is 0 Å². The predicted octanol–water partition coefficient (Wildman–Crippen LogP) is 2.55. The van der Waals surface area contributed by atoms with Gasteiger partial charge >= 0.3 is 0 Å². The molecule has 2 aromatic heterocycles. The van der Waals surface area contributed by atoms with Crippen LogP contribution in [0.15, 0.2) is 28.2 Å². The molecular weight excluding hydrogens is 250 g/mol. The number of hydrogen-bond acceptors (Lipinski definition) is 4. The second-order valence-electron chi connectivity index (χ2n) is 2.40. The van der Waals surface area contributed by atoms with Gasteiger partial charge < -0.3 is 5.73 Å². The van der Waals surface area contributed by atoms with Crippen molar-refractivity contribution in [2.45, 2.75) is 0 Å². The van der Waals surface area contributed by atoms with E-state index in [0.717, 1.165) is 14.4 Å². The molecule has 0 amide bonds. The van der Waals surface area contributed by atoms with E-state index >= 15 is 0 Å². The second kappa shape index (κ2) is 3.43. The lowest BCUT2D eigenvalue weighted by molar-refractivity contribution is 1.19. The third-order valence-corrected chi connectivity index (χ3v) is 3.15. The molecule has 5 heteroatoms. The van der Waals surface area contributed by atoms with Gasteiger partial charge in [-0.1, -0.05) is 0 Å². The van der Waals surface area contributed by atoms with Crippen LogP contribution in [0.5, 0.6) is 0 Å². The summed E-state index contributed by atoms with van der Waals surface area (Å²) >= 11 is 5.01. The summed E-state index contributed by atoms with van der Waals surface area (Å²) in [6.07, 6.45) is 1.66. The van der Waals surface area contributed by atoms with Crippen LogP contribution in [0.1, 0.15) is 0 Å². The van der Waals surface area contributed by atoms with E-state index in [4.69, 9.17) is 5.73 Å². The maximum Gasteiger partial charge on any atom is 0.220 e. The molecule has 0 aliphatic carbocycles. The monoisotopic (exact) mass is 255 g/mol. The first-order valence-electron chi connectivity index (χ1n) is 3.60. The van der Waals surface area contributed by atoms with E-state index in [1.807, 2.05) is 18.2 Å². The highest BCUT2D eigenvalue weighted by atomic mass is 79.9. The fourth-order valence-corrected chi connectivity index (χ4v) is 2.32. The van der Waals surface area contributed by atoms with Crippen molar-refractivity contribution in [2.75, 3.05) is 5.73 Å². The Morgan fingerprint density at radius 2 is 2.15 bits per heavy atom. The van der Waals surface area contributed by atoms with Gasteiger partial charge in [0.15, 0.2) is 0 Å². The van der Waals surface area contributed by atoms with Crippen molar-refractivity contribution in [1.82, 2.24) is 9.97 Å². The van der Waals surface area contributed by atoms with Crippen LogP contribution in [-0.4, -0.2) is 9.97 Å². The zero-order valence-corrected chi connectivity index (χ0v) is 8.97. The summed E-state index contributed by atoms with van der Waals surface area (Å²) in [7, 11) is 0. The van der Waals surface area contributed by atoms with E-state index in [-0.39, 0.29) is 0 Å². The Labute approximate surface area is 87.8 Å². The number of nitrogens with two attached hydrogens (primary N) is 1. The fourth-order valence-electron chi connectivity index (χ4n) is 0.963. The Morgan fingerprint density at radius 1 is 1.31 bits per heavy atom. The standard InChI is InChI=1S/C8H6BrN3S/c9-7-2-1-6(13-7)5-3-4-11-8(10)12-5/h1-4H,(H2,10,11,12). The van der Waals surface area contributed by atoms with Crippen LogP contribution >= 0.6 is 27.3 Å². The highest BCUT2D eigenvalue weighted by Crippen LogP contribution is 2.29. The van der Waals surface area contributed by atoms with Crippen LogP contribution < -0.4 is 5.73 Å². The summed E-state index contributed by atoms with van der Waals surface area (Å²) in [5, 5.41) is 0. The van der Waals surface area contributed by atoms with Gasteiger partial charge in [-0.3, -0.25) is 0 Å². The third kappa shape index (κ3) is 1.87. The van der Waals surface area contributed by atoms with Gasteiger partial charge in [-0.2, -0.15) is 0 Å². The summed E-state index contributed by atoms with van der Waals surface area (Å²) in [6.45, 7) is 0. The van der Waals surface area contributed by atoms with Crippen LogP contribution in [0.4, 0.5) is 5.95 Å². The van der Waals surface area contributed by atoms with E-state index in [1.54, 1.807) is 17.5 Å². The van der Waals surface area contributed by atoms with Crippen molar-refractivity contribution in [2.24, 2.45) is 0 Å². The largest absolute Gasteiger partial charge is 0.368 e. The zero-order chi connectivity index (χ0) is 9.26. The van der Waals surface area contributed by atoms with Crippen molar-refractivity contribution < 1.29 is 0 Å². The molecule has 2 rings (SSSR count). The molecule has 0 aliphatic heterocycles. The molecule has 0 unspecified atom stereocenters. The maximum absolute atomic E-state index is 5.47. The molecule has 0 bridgehead atoms. The fraction of sp³-hybridized carbons (Fsp3) is 0. The minimum absolute atomic E-state index is 0.307. The van der Waals surface area contributed by atoms with Crippen LogP contribution in [-0.2, 0) is 0 Å². The Balaban J connectivity index is 2.46. The summed E-state index contributed by atoms with van der Waals surface area (Å²) in [5.74, 6) is 0.307. The molecule has 66 valence electrons. The molecule has 13 heavy (non-hydrogen) atoms. The van der Waals surface area contributed by atoms with Gasteiger partial charge in [-0.25, -0.2) is 9.97 Å². The highest BCUT2D eigenvalue weighted by molar-refractivity contribution is 9.11. The first kappa shape index (κ1) is 8.65. The number of nitrogen functional groups attached to an aromatic ring is 1. The maximum atomic E-state index is 5.47. The van der Waals surface area contributed by atoms with Crippen molar-refractivity contribution >= 4 is 33.2 Å². The Hall–Kier alpha value is -0.940. The minimum atomic E-state index is 0.307. The molecule has 0 fully saturated rings. The first-order valence-corrected chi connectivity index (χ1v) is 5.21. The molecule has 2 aromatic rings. The van der Waals surface area contributed by atoms with Gasteiger partial charge in [0.05, 0.1) is 14.4 Å². The van der Waals surface area contributed by atoms with E-state index in [0.29, 0.717) is 5.95 Å². The topological polar surface area (TPSA) is 51.8 Å². The molecule has 0 radical (unpaired) electrons. The average Bonchev–Trinajstić information content (AvgIpc) is 2.52. The average molecular weight is 256 g/mol. The molecule has 2 N–H and O–H groups in total. The van der Waals surface area contributed by atoms with Gasteiger partial charge in [0.1, 0.15) is 0 Å². The molecule has 0 atom stereocenters. The van der Waals surface area contributed by atoms with Crippen molar-refractivity contribution in [3.8, 4) is 10.6 Å². The molecule has 0 saturated heterocycles. The third-order valence-electron chi connectivity index (χ3n) is 1.50. The summed E-state index contributed by atoms with van der Waals surface area (Å²) in [5.41, 5.74) is 6.34. The number of rotatable bonds is 1. The number of nitrogens with zero attached hydrogens (tertiary/aromatic N) is 2. The first-order chi connectivity index (χ1) is 6.25. The van der Waals surface area contributed by atoms with Gasteiger partial charge in [0.25, 0.3) is 0 Å². The molecule has 0 aromatic carbocycles. The van der Waals surface area contributed by atoms with E-state index in [1.165, 1.54) is 0 Å². The van der Waals surface area contributed by atoms with Crippen LogP contribution in [0.2, 0.25) is 0 Å². The molecule has 0 aliphatic rings.